The van der Waals surface area contributed by atoms with E-state index >= 15 is 0 Å². The van der Waals surface area contributed by atoms with Gasteiger partial charge in [-0.15, -0.1) is 0 Å². The predicted molar refractivity (Wildman–Crippen MR) is 52.7 cm³/mol. The molecule has 3 aromatic heterocycles. The van der Waals surface area contributed by atoms with Gasteiger partial charge in [0, 0.05) is 5.56 Å². The van der Waals surface area contributed by atoms with Gasteiger partial charge in [0.1, 0.15) is 17.7 Å². The first kappa shape index (κ1) is 7.98. The van der Waals surface area contributed by atoms with Crippen LogP contribution >= 0.6 is 0 Å². The van der Waals surface area contributed by atoms with Gasteiger partial charge in [-0.25, -0.2) is 15.0 Å². The second-order valence-corrected chi connectivity index (χ2v) is 2.98. The van der Waals surface area contributed by atoms with Crippen LogP contribution < -0.4 is 0 Å². The van der Waals surface area contributed by atoms with Crippen molar-refractivity contribution >= 4 is 11.2 Å². The van der Waals surface area contributed by atoms with Gasteiger partial charge in [-0.3, -0.25) is 0 Å². The zero-order chi connectivity index (χ0) is 10.1. The van der Waals surface area contributed by atoms with E-state index in [0.29, 0.717) is 5.65 Å². The van der Waals surface area contributed by atoms with E-state index in [1.807, 2.05) is 6.07 Å². The average Bonchev–Trinajstić information content (AvgIpc) is 2.74. The predicted octanol–water partition coefficient (Wildman–Crippen LogP) is 0.810. The molecule has 0 bridgehead atoms. The number of nitrogens with one attached hydrogen (secondary N) is 1. The van der Waals surface area contributed by atoms with E-state index in [2.05, 4.69) is 30.1 Å². The zero-order valence-electron chi connectivity index (χ0n) is 7.62. The molecule has 0 aliphatic heterocycles. The van der Waals surface area contributed by atoms with E-state index in [0.717, 1.165) is 16.9 Å². The van der Waals surface area contributed by atoms with Crippen LogP contribution in [-0.2, 0) is 0 Å². The largest absolute Gasteiger partial charge is 0.335 e. The van der Waals surface area contributed by atoms with Gasteiger partial charge in [-0.05, 0) is 6.07 Å². The highest BCUT2D eigenvalue weighted by Gasteiger charge is 2.05. The molecule has 0 radical (unpaired) electrons. The summed E-state index contributed by atoms with van der Waals surface area (Å²) in [5.41, 5.74) is 2.34. The lowest BCUT2D eigenvalue weighted by Crippen LogP contribution is -1.83. The van der Waals surface area contributed by atoms with E-state index in [4.69, 9.17) is 0 Å². The van der Waals surface area contributed by atoms with Gasteiger partial charge in [-0.2, -0.15) is 10.2 Å². The third-order valence-electron chi connectivity index (χ3n) is 2.02. The second-order valence-electron chi connectivity index (χ2n) is 2.98. The summed E-state index contributed by atoms with van der Waals surface area (Å²) in [5, 5.41) is 7.49. The summed E-state index contributed by atoms with van der Waals surface area (Å²) in [6.07, 6.45) is 6.42. The molecule has 6 heteroatoms. The Morgan fingerprint density at radius 2 is 2.13 bits per heavy atom. The van der Waals surface area contributed by atoms with Crippen molar-refractivity contribution in [3.63, 3.8) is 0 Å². The molecule has 72 valence electrons. The summed E-state index contributed by atoms with van der Waals surface area (Å²) >= 11 is 0. The molecule has 0 aromatic carbocycles. The van der Waals surface area contributed by atoms with Crippen LogP contribution in [0.25, 0.3) is 22.6 Å². The summed E-state index contributed by atoms with van der Waals surface area (Å²) in [4.78, 5) is 15.4. The van der Waals surface area contributed by atoms with Crippen molar-refractivity contribution in [2.24, 2.45) is 0 Å². The summed E-state index contributed by atoms with van der Waals surface area (Å²) in [7, 11) is 0. The Morgan fingerprint density at radius 1 is 1.13 bits per heavy atom. The van der Waals surface area contributed by atoms with E-state index < -0.39 is 0 Å². The number of aromatic nitrogens is 6. The highest BCUT2D eigenvalue weighted by molar-refractivity contribution is 5.74. The molecule has 15 heavy (non-hydrogen) atoms. The van der Waals surface area contributed by atoms with Crippen molar-refractivity contribution in [2.75, 3.05) is 0 Å². The van der Waals surface area contributed by atoms with Crippen molar-refractivity contribution in [3.8, 4) is 11.4 Å². The molecule has 0 saturated carbocycles. The number of aromatic amines is 1. The summed E-state index contributed by atoms with van der Waals surface area (Å²) in [5.74, 6) is 0.723. The molecular formula is C9H6N6. The van der Waals surface area contributed by atoms with E-state index in [1.54, 1.807) is 18.6 Å². The van der Waals surface area contributed by atoms with Crippen LogP contribution in [0.15, 0.2) is 31.0 Å². The molecule has 0 atom stereocenters. The molecule has 0 amide bonds. The van der Waals surface area contributed by atoms with Crippen LogP contribution in [0.3, 0.4) is 0 Å². The van der Waals surface area contributed by atoms with Gasteiger partial charge in [0.15, 0.2) is 5.65 Å². The third kappa shape index (κ3) is 1.32. The van der Waals surface area contributed by atoms with Crippen molar-refractivity contribution in [3.05, 3.63) is 31.0 Å². The fourth-order valence-electron chi connectivity index (χ4n) is 1.33. The molecule has 3 heterocycles. The number of imidazole rings is 1. The van der Waals surface area contributed by atoms with Crippen molar-refractivity contribution in [2.45, 2.75) is 0 Å². The monoisotopic (exact) mass is 198 g/mol. The van der Waals surface area contributed by atoms with Crippen LogP contribution in [0.1, 0.15) is 0 Å². The highest BCUT2D eigenvalue weighted by Crippen LogP contribution is 2.16. The maximum atomic E-state index is 4.31. The standard InChI is InChI=1S/C9H6N6/c1-2-12-13-3-6(1)8-14-7-4-10-5-11-9(7)15-8/h1-5H,(H,10,11,14,15). The first-order valence-corrected chi connectivity index (χ1v) is 4.36. The fourth-order valence-corrected chi connectivity index (χ4v) is 1.33. The van der Waals surface area contributed by atoms with E-state index in [1.165, 1.54) is 6.33 Å². The fraction of sp³-hybridized carbons (Fsp3) is 0. The summed E-state index contributed by atoms with van der Waals surface area (Å²) < 4.78 is 0. The molecule has 3 aromatic rings. The Balaban J connectivity index is 2.21. The Morgan fingerprint density at radius 3 is 2.93 bits per heavy atom. The van der Waals surface area contributed by atoms with Crippen molar-refractivity contribution in [1.29, 1.82) is 0 Å². The molecule has 0 unspecified atom stereocenters. The van der Waals surface area contributed by atoms with Crippen LogP contribution in [0.2, 0.25) is 0 Å². The minimum atomic E-state index is 0.650. The minimum absolute atomic E-state index is 0.650. The van der Waals surface area contributed by atoms with E-state index in [-0.39, 0.29) is 0 Å². The molecule has 0 saturated heterocycles. The topological polar surface area (TPSA) is 80.2 Å². The lowest BCUT2D eigenvalue weighted by Gasteiger charge is -1.91. The number of nitrogens with zero attached hydrogens (tertiary/aromatic N) is 5. The van der Waals surface area contributed by atoms with E-state index in [9.17, 15) is 0 Å². The quantitative estimate of drug-likeness (QED) is 0.625. The van der Waals surface area contributed by atoms with Crippen LogP contribution in [0, 0.1) is 0 Å². The number of hydrogen-bond donors (Lipinski definition) is 1. The summed E-state index contributed by atoms with van der Waals surface area (Å²) in [6.45, 7) is 0. The van der Waals surface area contributed by atoms with Gasteiger partial charge in [0.2, 0.25) is 0 Å². The van der Waals surface area contributed by atoms with Gasteiger partial charge < -0.3 is 4.98 Å². The van der Waals surface area contributed by atoms with Crippen molar-refractivity contribution in [1.82, 2.24) is 30.1 Å². The van der Waals surface area contributed by atoms with Crippen LogP contribution in [0.5, 0.6) is 0 Å². The molecule has 3 rings (SSSR count). The number of fused-ring (bicyclic) bond motifs is 1. The Labute approximate surface area is 84.4 Å². The third-order valence-corrected chi connectivity index (χ3v) is 2.02. The maximum absolute atomic E-state index is 4.31. The molecule has 0 fully saturated rings. The first-order chi connectivity index (χ1) is 7.43. The Hall–Kier alpha value is -2.37. The Bertz CT molecular complexity index is 555. The highest BCUT2D eigenvalue weighted by atomic mass is 15.1. The van der Waals surface area contributed by atoms with Gasteiger partial charge in [-0.1, -0.05) is 0 Å². The molecule has 1 N–H and O–H groups in total. The maximum Gasteiger partial charge on any atom is 0.181 e. The first-order valence-electron chi connectivity index (χ1n) is 4.36. The number of rotatable bonds is 1. The molecular weight excluding hydrogens is 192 g/mol. The molecule has 0 aliphatic carbocycles. The summed E-state index contributed by atoms with van der Waals surface area (Å²) in [6, 6.07) is 1.83. The zero-order valence-corrected chi connectivity index (χ0v) is 7.62. The van der Waals surface area contributed by atoms with Crippen LogP contribution in [-0.4, -0.2) is 30.1 Å². The molecule has 0 spiro atoms. The molecule has 0 aliphatic rings. The average molecular weight is 198 g/mol. The van der Waals surface area contributed by atoms with Gasteiger partial charge >= 0.3 is 0 Å². The number of hydrogen-bond acceptors (Lipinski definition) is 5. The van der Waals surface area contributed by atoms with Gasteiger partial charge in [0.05, 0.1) is 18.6 Å². The van der Waals surface area contributed by atoms with Gasteiger partial charge in [0.25, 0.3) is 0 Å². The normalized spacial score (nSPS) is 10.7. The number of H-pyrrole nitrogens is 1. The molecule has 6 nitrogen and oxygen atoms in total. The Kier molecular flexibility index (Phi) is 1.64. The SMILES string of the molecule is c1cc(-c2nc3ncncc3[nH]2)cnn1. The minimum Gasteiger partial charge on any atom is -0.335 e. The second kappa shape index (κ2) is 3.09. The van der Waals surface area contributed by atoms with Crippen molar-refractivity contribution < 1.29 is 0 Å². The van der Waals surface area contributed by atoms with Crippen LogP contribution in [0.4, 0.5) is 0 Å². The smallest absolute Gasteiger partial charge is 0.181 e. The lowest BCUT2D eigenvalue weighted by atomic mass is 10.3. The lowest BCUT2D eigenvalue weighted by molar-refractivity contribution is 1.03.